The summed E-state index contributed by atoms with van der Waals surface area (Å²) in [6.07, 6.45) is 3.78. The molecule has 1 aromatic heterocycles. The quantitative estimate of drug-likeness (QED) is 0.902. The van der Waals surface area contributed by atoms with E-state index in [9.17, 15) is 9.59 Å². The third-order valence-electron chi connectivity index (χ3n) is 5.15. The minimum Gasteiger partial charge on any atom is -0.349 e. The summed E-state index contributed by atoms with van der Waals surface area (Å²) in [5, 5.41) is 2.99. The normalized spacial score (nSPS) is 17.6. The van der Waals surface area contributed by atoms with Gasteiger partial charge in [-0.2, -0.15) is 0 Å². The third kappa shape index (κ3) is 4.17. The van der Waals surface area contributed by atoms with E-state index >= 15 is 0 Å². The molecule has 1 aliphatic carbocycles. The van der Waals surface area contributed by atoms with Crippen LogP contribution in [-0.4, -0.2) is 65.9 Å². The Bertz CT molecular complexity index is 838. The molecule has 0 bridgehead atoms. The number of hydrogen-bond donors (Lipinski definition) is 1. The number of rotatable bonds is 4. The van der Waals surface area contributed by atoms with Crippen LogP contribution in [0.3, 0.4) is 0 Å². The molecule has 2 heterocycles. The summed E-state index contributed by atoms with van der Waals surface area (Å²) in [7, 11) is 2.07. The lowest BCUT2D eigenvalue weighted by molar-refractivity contribution is 0.0664. The SMILES string of the molecule is CN1CCN(C(=O)c2ccc(-c3cc(C(=O)NC4CC4)ccn3)cc2)CC1. The number of amides is 2. The van der Waals surface area contributed by atoms with Gasteiger partial charge in [-0.15, -0.1) is 0 Å². The predicted molar refractivity (Wildman–Crippen MR) is 104 cm³/mol. The number of nitrogens with one attached hydrogen (secondary N) is 1. The average Bonchev–Trinajstić information content (AvgIpc) is 3.52. The zero-order valence-corrected chi connectivity index (χ0v) is 15.5. The highest BCUT2D eigenvalue weighted by Gasteiger charge is 2.24. The Hall–Kier alpha value is -2.73. The van der Waals surface area contributed by atoms with Crippen molar-refractivity contribution in [1.29, 1.82) is 0 Å². The summed E-state index contributed by atoms with van der Waals surface area (Å²) >= 11 is 0. The van der Waals surface area contributed by atoms with Crippen LogP contribution in [0.25, 0.3) is 11.3 Å². The zero-order valence-electron chi connectivity index (χ0n) is 15.5. The van der Waals surface area contributed by atoms with Crippen molar-refractivity contribution in [1.82, 2.24) is 20.1 Å². The fourth-order valence-electron chi connectivity index (χ4n) is 3.20. The minimum atomic E-state index is -0.0528. The maximum atomic E-state index is 12.6. The van der Waals surface area contributed by atoms with Crippen molar-refractivity contribution >= 4 is 11.8 Å². The van der Waals surface area contributed by atoms with Gasteiger partial charge in [-0.05, 0) is 44.2 Å². The van der Waals surface area contributed by atoms with E-state index in [0.29, 0.717) is 17.2 Å². The summed E-state index contributed by atoms with van der Waals surface area (Å²) in [5.74, 6) is 0.0168. The number of carbonyl (C=O) groups excluding carboxylic acids is 2. The van der Waals surface area contributed by atoms with Crippen molar-refractivity contribution in [3.63, 3.8) is 0 Å². The van der Waals surface area contributed by atoms with Gasteiger partial charge in [0.2, 0.25) is 0 Å². The molecule has 27 heavy (non-hydrogen) atoms. The lowest BCUT2D eigenvalue weighted by atomic mass is 10.1. The molecule has 4 rings (SSSR count). The smallest absolute Gasteiger partial charge is 0.253 e. The van der Waals surface area contributed by atoms with Gasteiger partial charge in [0.15, 0.2) is 0 Å². The molecule has 2 aromatic rings. The highest BCUT2D eigenvalue weighted by molar-refractivity contribution is 5.96. The number of piperazine rings is 1. The second-order valence-electron chi connectivity index (χ2n) is 7.35. The fourth-order valence-corrected chi connectivity index (χ4v) is 3.20. The third-order valence-corrected chi connectivity index (χ3v) is 5.15. The predicted octanol–water partition coefficient (Wildman–Crippen LogP) is 2.03. The van der Waals surface area contributed by atoms with Gasteiger partial charge in [-0.3, -0.25) is 14.6 Å². The number of nitrogens with zero attached hydrogens (tertiary/aromatic N) is 3. The van der Waals surface area contributed by atoms with E-state index < -0.39 is 0 Å². The summed E-state index contributed by atoms with van der Waals surface area (Å²) in [6.45, 7) is 3.33. The molecule has 2 fully saturated rings. The van der Waals surface area contributed by atoms with E-state index in [1.807, 2.05) is 29.2 Å². The Kier molecular flexibility index (Phi) is 4.90. The van der Waals surface area contributed by atoms with E-state index in [0.717, 1.165) is 50.3 Å². The Morgan fingerprint density at radius 1 is 1.00 bits per heavy atom. The molecule has 1 aromatic carbocycles. The first-order valence-corrected chi connectivity index (χ1v) is 9.45. The summed E-state index contributed by atoms with van der Waals surface area (Å²) in [6, 6.07) is 11.3. The van der Waals surface area contributed by atoms with Gasteiger partial charge in [-0.1, -0.05) is 12.1 Å². The van der Waals surface area contributed by atoms with Gasteiger partial charge in [0.25, 0.3) is 11.8 Å². The Balaban J connectivity index is 1.47. The Morgan fingerprint density at radius 2 is 1.70 bits per heavy atom. The van der Waals surface area contributed by atoms with Gasteiger partial charge >= 0.3 is 0 Å². The summed E-state index contributed by atoms with van der Waals surface area (Å²) in [5.41, 5.74) is 2.93. The van der Waals surface area contributed by atoms with Crippen molar-refractivity contribution in [2.75, 3.05) is 33.2 Å². The maximum absolute atomic E-state index is 12.6. The van der Waals surface area contributed by atoms with Crippen molar-refractivity contribution < 1.29 is 9.59 Å². The van der Waals surface area contributed by atoms with E-state index in [-0.39, 0.29) is 11.8 Å². The van der Waals surface area contributed by atoms with Crippen molar-refractivity contribution in [3.8, 4) is 11.3 Å². The molecule has 140 valence electrons. The van der Waals surface area contributed by atoms with Crippen molar-refractivity contribution in [2.45, 2.75) is 18.9 Å². The van der Waals surface area contributed by atoms with Gasteiger partial charge in [0, 0.05) is 55.1 Å². The Morgan fingerprint density at radius 3 is 2.37 bits per heavy atom. The monoisotopic (exact) mass is 364 g/mol. The first-order valence-electron chi connectivity index (χ1n) is 9.45. The fraction of sp³-hybridized carbons (Fsp3) is 0.381. The topological polar surface area (TPSA) is 65.5 Å². The van der Waals surface area contributed by atoms with Crippen LogP contribution in [0.1, 0.15) is 33.6 Å². The zero-order chi connectivity index (χ0) is 18.8. The van der Waals surface area contributed by atoms with Crippen LogP contribution < -0.4 is 5.32 Å². The number of likely N-dealkylation sites (N-methyl/N-ethyl adjacent to an activating group) is 1. The second-order valence-corrected chi connectivity index (χ2v) is 7.35. The molecule has 0 atom stereocenters. The second kappa shape index (κ2) is 7.48. The molecule has 1 aliphatic heterocycles. The molecule has 1 saturated carbocycles. The standard InChI is InChI=1S/C21H24N4O2/c1-24-10-12-25(13-11-24)21(27)16-4-2-15(3-5-16)19-14-17(8-9-22-19)20(26)23-18-6-7-18/h2-5,8-9,14,18H,6-7,10-13H2,1H3,(H,23,26). The van der Waals surface area contributed by atoms with Crippen LogP contribution in [-0.2, 0) is 0 Å². The average molecular weight is 364 g/mol. The molecule has 0 unspecified atom stereocenters. The molecule has 0 spiro atoms. The molecule has 1 N–H and O–H groups in total. The number of hydrogen-bond acceptors (Lipinski definition) is 4. The number of aromatic nitrogens is 1. The summed E-state index contributed by atoms with van der Waals surface area (Å²) in [4.78, 5) is 33.4. The highest BCUT2D eigenvalue weighted by Crippen LogP contribution is 2.22. The number of pyridine rings is 1. The maximum Gasteiger partial charge on any atom is 0.253 e. The van der Waals surface area contributed by atoms with Crippen LogP contribution in [0.15, 0.2) is 42.6 Å². The molecule has 0 radical (unpaired) electrons. The van der Waals surface area contributed by atoms with Gasteiger partial charge in [0.05, 0.1) is 5.69 Å². The number of benzene rings is 1. The largest absolute Gasteiger partial charge is 0.349 e. The van der Waals surface area contributed by atoms with Gasteiger partial charge < -0.3 is 15.1 Å². The summed E-state index contributed by atoms with van der Waals surface area (Å²) < 4.78 is 0. The van der Waals surface area contributed by atoms with Crippen molar-refractivity contribution in [3.05, 3.63) is 53.7 Å². The lowest BCUT2D eigenvalue weighted by Gasteiger charge is -2.32. The van der Waals surface area contributed by atoms with E-state index in [4.69, 9.17) is 0 Å². The molecule has 6 nitrogen and oxygen atoms in total. The van der Waals surface area contributed by atoms with E-state index in [1.54, 1.807) is 18.3 Å². The van der Waals surface area contributed by atoms with Crippen LogP contribution in [0.2, 0.25) is 0 Å². The molecular weight excluding hydrogens is 340 g/mol. The molecule has 6 heteroatoms. The number of carbonyl (C=O) groups is 2. The molecule has 2 amide bonds. The van der Waals surface area contributed by atoms with Crippen LogP contribution in [0.4, 0.5) is 0 Å². The molecule has 2 aliphatic rings. The lowest BCUT2D eigenvalue weighted by Crippen LogP contribution is -2.47. The van der Waals surface area contributed by atoms with Crippen LogP contribution in [0, 0.1) is 0 Å². The van der Waals surface area contributed by atoms with E-state index in [2.05, 4.69) is 22.2 Å². The van der Waals surface area contributed by atoms with E-state index in [1.165, 1.54) is 0 Å². The van der Waals surface area contributed by atoms with Crippen LogP contribution >= 0.6 is 0 Å². The highest BCUT2D eigenvalue weighted by atomic mass is 16.2. The van der Waals surface area contributed by atoms with Crippen molar-refractivity contribution in [2.24, 2.45) is 0 Å². The van der Waals surface area contributed by atoms with Gasteiger partial charge in [-0.25, -0.2) is 0 Å². The first kappa shape index (κ1) is 17.7. The minimum absolute atomic E-state index is 0.0528. The first-order chi connectivity index (χ1) is 13.1. The molecular formula is C21H24N4O2. The van der Waals surface area contributed by atoms with Crippen LogP contribution in [0.5, 0.6) is 0 Å². The Labute approximate surface area is 159 Å². The molecule has 1 saturated heterocycles. The van der Waals surface area contributed by atoms with Gasteiger partial charge in [0.1, 0.15) is 0 Å².